The van der Waals surface area contributed by atoms with E-state index in [1.54, 1.807) is 17.4 Å². The molecule has 1 atom stereocenters. The van der Waals surface area contributed by atoms with E-state index in [-0.39, 0.29) is 5.63 Å². The molecule has 0 fully saturated rings. The number of likely N-dealkylation sites (N-methyl/N-ethyl adjacent to an activating group) is 1. The van der Waals surface area contributed by atoms with Crippen molar-refractivity contribution in [2.45, 2.75) is 25.9 Å². The van der Waals surface area contributed by atoms with Gasteiger partial charge in [0.1, 0.15) is 5.58 Å². The fraction of sp³-hybridized carbons (Fsp3) is 0.350. The zero-order valence-corrected chi connectivity index (χ0v) is 15.7. The summed E-state index contributed by atoms with van der Waals surface area (Å²) in [4.78, 5) is 15.4. The van der Waals surface area contributed by atoms with Crippen molar-refractivity contribution in [1.82, 2.24) is 10.2 Å². The lowest BCUT2D eigenvalue weighted by molar-refractivity contribution is 0.292. The lowest BCUT2D eigenvalue weighted by Gasteiger charge is -2.23. The molecule has 5 heteroatoms. The summed E-state index contributed by atoms with van der Waals surface area (Å²) in [6, 6.07) is 12.3. The first-order valence-corrected chi connectivity index (χ1v) is 9.42. The quantitative estimate of drug-likeness (QED) is 0.654. The summed E-state index contributed by atoms with van der Waals surface area (Å²) in [7, 11) is 4.18. The Morgan fingerprint density at radius 2 is 2.08 bits per heavy atom. The summed E-state index contributed by atoms with van der Waals surface area (Å²) in [6.07, 6.45) is 0.924. The number of benzene rings is 1. The van der Waals surface area contributed by atoms with Gasteiger partial charge in [-0.2, -0.15) is 0 Å². The number of nitrogens with one attached hydrogen (secondary N) is 1. The Kier molecular flexibility index (Phi) is 5.68. The van der Waals surface area contributed by atoms with Crippen molar-refractivity contribution in [2.24, 2.45) is 0 Å². The summed E-state index contributed by atoms with van der Waals surface area (Å²) in [5.41, 5.74) is 2.54. The van der Waals surface area contributed by atoms with Crippen molar-refractivity contribution in [3.63, 3.8) is 0 Å². The van der Waals surface area contributed by atoms with E-state index in [0.717, 1.165) is 23.9 Å². The summed E-state index contributed by atoms with van der Waals surface area (Å²) in [5.74, 6) is 0. The predicted octanol–water partition coefficient (Wildman–Crippen LogP) is 3.81. The van der Waals surface area contributed by atoms with Gasteiger partial charge in [0.2, 0.25) is 0 Å². The van der Waals surface area contributed by atoms with Gasteiger partial charge in [-0.25, -0.2) is 4.79 Å². The molecule has 0 spiro atoms. The zero-order chi connectivity index (χ0) is 17.8. The summed E-state index contributed by atoms with van der Waals surface area (Å²) < 4.78 is 5.38. The molecule has 0 bridgehead atoms. The average Bonchev–Trinajstić information content (AvgIpc) is 3.11. The molecule has 2 heterocycles. The molecular weight excluding hydrogens is 332 g/mol. The van der Waals surface area contributed by atoms with Gasteiger partial charge in [0.15, 0.2) is 0 Å². The second-order valence-corrected chi connectivity index (χ2v) is 7.38. The molecule has 1 aromatic carbocycles. The minimum absolute atomic E-state index is 0.292. The van der Waals surface area contributed by atoms with Crippen LogP contribution in [0.5, 0.6) is 0 Å². The van der Waals surface area contributed by atoms with Gasteiger partial charge < -0.3 is 14.6 Å². The van der Waals surface area contributed by atoms with Crippen LogP contribution in [0.25, 0.3) is 11.0 Å². The molecule has 0 saturated carbocycles. The number of rotatable bonds is 7. The largest absolute Gasteiger partial charge is 0.423 e. The molecule has 4 nitrogen and oxygen atoms in total. The maximum atomic E-state index is 11.9. The Labute approximate surface area is 152 Å². The SMILES string of the molecule is CCc1ccc2c(CNC[C@@H](c3cccs3)N(C)C)cc(=O)oc2c1. The molecule has 0 aliphatic rings. The van der Waals surface area contributed by atoms with E-state index in [4.69, 9.17) is 4.42 Å². The van der Waals surface area contributed by atoms with Gasteiger partial charge in [-0.15, -0.1) is 11.3 Å². The second-order valence-electron chi connectivity index (χ2n) is 6.40. The van der Waals surface area contributed by atoms with E-state index in [9.17, 15) is 4.79 Å². The molecule has 0 saturated heterocycles. The van der Waals surface area contributed by atoms with Crippen molar-refractivity contribution in [1.29, 1.82) is 0 Å². The summed E-state index contributed by atoms with van der Waals surface area (Å²) in [5, 5.41) is 6.61. The predicted molar refractivity (Wildman–Crippen MR) is 104 cm³/mol. The van der Waals surface area contributed by atoms with E-state index < -0.39 is 0 Å². The van der Waals surface area contributed by atoms with E-state index in [2.05, 4.69) is 60.9 Å². The number of aryl methyl sites for hydroxylation is 1. The Balaban J connectivity index is 1.77. The fourth-order valence-electron chi connectivity index (χ4n) is 3.00. The van der Waals surface area contributed by atoms with E-state index in [1.165, 1.54) is 10.4 Å². The molecule has 2 aromatic heterocycles. The summed E-state index contributed by atoms with van der Waals surface area (Å²) in [6.45, 7) is 3.56. The molecule has 3 aromatic rings. The van der Waals surface area contributed by atoms with Crippen LogP contribution in [0.4, 0.5) is 0 Å². The van der Waals surface area contributed by atoms with Gasteiger partial charge in [-0.3, -0.25) is 0 Å². The Morgan fingerprint density at radius 3 is 2.76 bits per heavy atom. The third-order valence-corrected chi connectivity index (χ3v) is 5.42. The Hall–Kier alpha value is -1.95. The maximum absolute atomic E-state index is 11.9. The van der Waals surface area contributed by atoms with E-state index >= 15 is 0 Å². The molecule has 0 radical (unpaired) electrons. The van der Waals surface area contributed by atoms with Gasteiger partial charge in [0.25, 0.3) is 0 Å². The standard InChI is InChI=1S/C20H24N2O2S/c1-4-14-7-8-16-15(11-20(23)24-18(16)10-14)12-21-13-17(22(2)3)19-6-5-9-25-19/h5-11,17,21H,4,12-13H2,1-3H3/t17-/m0/s1. The second kappa shape index (κ2) is 7.95. The van der Waals surface area contributed by atoms with Crippen LogP contribution in [0.1, 0.15) is 29.0 Å². The molecule has 132 valence electrons. The van der Waals surface area contributed by atoms with Gasteiger partial charge in [0.05, 0.1) is 6.04 Å². The third-order valence-electron chi connectivity index (χ3n) is 4.45. The van der Waals surface area contributed by atoms with Gasteiger partial charge in [-0.05, 0) is 49.2 Å². The van der Waals surface area contributed by atoms with Crippen LogP contribution in [0.15, 0.2) is 51.0 Å². The first-order chi connectivity index (χ1) is 12.1. The van der Waals surface area contributed by atoms with Crippen molar-refractivity contribution in [3.05, 3.63) is 68.2 Å². The molecule has 1 N–H and O–H groups in total. The van der Waals surface area contributed by atoms with Crippen molar-refractivity contribution in [2.75, 3.05) is 20.6 Å². The molecule has 0 aliphatic carbocycles. The smallest absolute Gasteiger partial charge is 0.336 e. The monoisotopic (exact) mass is 356 g/mol. The Bertz CT molecular complexity index is 884. The number of thiophene rings is 1. The van der Waals surface area contributed by atoms with Crippen LogP contribution >= 0.6 is 11.3 Å². The molecule has 0 unspecified atom stereocenters. The van der Waals surface area contributed by atoms with E-state index in [1.807, 2.05) is 6.07 Å². The van der Waals surface area contributed by atoms with Crippen molar-refractivity contribution in [3.8, 4) is 0 Å². The first-order valence-electron chi connectivity index (χ1n) is 8.54. The number of fused-ring (bicyclic) bond motifs is 1. The van der Waals surface area contributed by atoms with Crippen molar-refractivity contribution < 1.29 is 4.42 Å². The van der Waals surface area contributed by atoms with Gasteiger partial charge in [-0.1, -0.05) is 25.1 Å². The lowest BCUT2D eigenvalue weighted by Crippen LogP contribution is -2.30. The highest BCUT2D eigenvalue weighted by atomic mass is 32.1. The highest BCUT2D eigenvalue weighted by Crippen LogP contribution is 2.23. The number of hydrogen-bond acceptors (Lipinski definition) is 5. The van der Waals surface area contributed by atoms with E-state index in [0.29, 0.717) is 18.2 Å². The average molecular weight is 356 g/mol. The molecule has 25 heavy (non-hydrogen) atoms. The van der Waals surface area contributed by atoms with Crippen LogP contribution in [0, 0.1) is 0 Å². The van der Waals surface area contributed by atoms with Gasteiger partial charge >= 0.3 is 5.63 Å². The molecule has 0 amide bonds. The maximum Gasteiger partial charge on any atom is 0.336 e. The normalized spacial score (nSPS) is 12.8. The lowest BCUT2D eigenvalue weighted by atomic mass is 10.1. The van der Waals surface area contributed by atoms with Gasteiger partial charge in [0, 0.05) is 29.4 Å². The minimum Gasteiger partial charge on any atom is -0.423 e. The molecular formula is C20H24N2O2S. The summed E-state index contributed by atoms with van der Waals surface area (Å²) >= 11 is 1.77. The first kappa shape index (κ1) is 17.9. The molecule has 0 aliphatic heterocycles. The number of hydrogen-bond donors (Lipinski definition) is 1. The fourth-order valence-corrected chi connectivity index (χ4v) is 3.93. The zero-order valence-electron chi connectivity index (χ0n) is 14.9. The van der Waals surface area contributed by atoms with Crippen LogP contribution in [0.2, 0.25) is 0 Å². The molecule has 3 rings (SSSR count). The highest BCUT2D eigenvalue weighted by molar-refractivity contribution is 7.10. The number of nitrogens with zero attached hydrogens (tertiary/aromatic N) is 1. The van der Waals surface area contributed by atoms with Crippen LogP contribution < -0.4 is 10.9 Å². The van der Waals surface area contributed by atoms with Crippen LogP contribution in [0.3, 0.4) is 0 Å². The third kappa shape index (κ3) is 4.18. The van der Waals surface area contributed by atoms with Crippen LogP contribution in [-0.4, -0.2) is 25.5 Å². The highest BCUT2D eigenvalue weighted by Gasteiger charge is 2.15. The van der Waals surface area contributed by atoms with Crippen molar-refractivity contribution >= 4 is 22.3 Å². The topological polar surface area (TPSA) is 45.5 Å². The minimum atomic E-state index is -0.292. The Morgan fingerprint density at radius 1 is 1.24 bits per heavy atom. The van der Waals surface area contributed by atoms with Crippen LogP contribution in [-0.2, 0) is 13.0 Å².